The molecule has 0 fully saturated rings. The van der Waals surface area contributed by atoms with Crippen molar-refractivity contribution in [2.45, 2.75) is 13.0 Å². The molecule has 0 aliphatic carbocycles. The van der Waals surface area contributed by atoms with Gasteiger partial charge in [0.2, 0.25) is 0 Å². The first-order chi connectivity index (χ1) is 9.19. The number of nitrogens with two attached hydrogens (primary N) is 1. The number of ether oxygens (including phenoxy) is 1. The average Bonchev–Trinajstić information content (AvgIpc) is 2.40. The van der Waals surface area contributed by atoms with Crippen molar-refractivity contribution in [1.29, 1.82) is 0 Å². The Balaban J connectivity index is 1.98. The SMILES string of the molecule is NCCc1ccc(OCc2ccc(Br)cc2F)cc1. The van der Waals surface area contributed by atoms with Crippen molar-refractivity contribution in [2.75, 3.05) is 6.54 Å². The van der Waals surface area contributed by atoms with Crippen LogP contribution in [0.2, 0.25) is 0 Å². The van der Waals surface area contributed by atoms with Crippen LogP contribution in [0.5, 0.6) is 5.75 Å². The minimum Gasteiger partial charge on any atom is -0.489 e. The van der Waals surface area contributed by atoms with Crippen molar-refractivity contribution in [2.24, 2.45) is 5.73 Å². The second kappa shape index (κ2) is 6.68. The molecule has 19 heavy (non-hydrogen) atoms. The Labute approximate surface area is 120 Å². The molecule has 0 radical (unpaired) electrons. The van der Waals surface area contributed by atoms with Crippen LogP contribution in [0.25, 0.3) is 0 Å². The van der Waals surface area contributed by atoms with Crippen molar-refractivity contribution in [1.82, 2.24) is 0 Å². The van der Waals surface area contributed by atoms with E-state index in [2.05, 4.69) is 15.9 Å². The lowest BCUT2D eigenvalue weighted by atomic mass is 10.1. The lowest BCUT2D eigenvalue weighted by Gasteiger charge is -2.08. The monoisotopic (exact) mass is 323 g/mol. The molecule has 2 nitrogen and oxygen atoms in total. The van der Waals surface area contributed by atoms with Gasteiger partial charge in [0.15, 0.2) is 0 Å². The van der Waals surface area contributed by atoms with E-state index in [1.54, 1.807) is 12.1 Å². The summed E-state index contributed by atoms with van der Waals surface area (Å²) in [6.45, 7) is 0.847. The van der Waals surface area contributed by atoms with Crippen LogP contribution < -0.4 is 10.5 Å². The van der Waals surface area contributed by atoms with E-state index < -0.39 is 0 Å². The molecule has 0 aliphatic rings. The predicted molar refractivity (Wildman–Crippen MR) is 77.6 cm³/mol. The zero-order valence-corrected chi connectivity index (χ0v) is 12.0. The van der Waals surface area contributed by atoms with Crippen LogP contribution in [0.4, 0.5) is 4.39 Å². The van der Waals surface area contributed by atoms with Crippen LogP contribution in [0.3, 0.4) is 0 Å². The second-order valence-electron chi connectivity index (χ2n) is 4.21. The Hall–Kier alpha value is -1.39. The molecule has 0 amide bonds. The summed E-state index contributed by atoms with van der Waals surface area (Å²) in [5.41, 5.74) is 7.19. The summed E-state index contributed by atoms with van der Waals surface area (Å²) in [6, 6.07) is 12.6. The molecule has 4 heteroatoms. The van der Waals surface area contributed by atoms with Crippen LogP contribution in [0.1, 0.15) is 11.1 Å². The summed E-state index contributed by atoms with van der Waals surface area (Å²) in [5, 5.41) is 0. The number of benzene rings is 2. The van der Waals surface area contributed by atoms with Gasteiger partial charge in [-0.1, -0.05) is 34.1 Å². The maximum absolute atomic E-state index is 13.6. The molecule has 0 aliphatic heterocycles. The first-order valence-electron chi connectivity index (χ1n) is 6.05. The molecule has 0 spiro atoms. The van der Waals surface area contributed by atoms with Crippen LogP contribution in [0, 0.1) is 5.82 Å². The highest BCUT2D eigenvalue weighted by atomic mass is 79.9. The summed E-state index contributed by atoms with van der Waals surface area (Å²) in [5.74, 6) is 0.456. The fourth-order valence-corrected chi connectivity index (χ4v) is 2.05. The molecule has 0 atom stereocenters. The summed E-state index contributed by atoms with van der Waals surface area (Å²) in [7, 11) is 0. The molecule has 2 N–H and O–H groups in total. The van der Waals surface area contributed by atoms with Crippen molar-refractivity contribution >= 4 is 15.9 Å². The van der Waals surface area contributed by atoms with Crippen molar-refractivity contribution < 1.29 is 9.13 Å². The number of rotatable bonds is 5. The standard InChI is InChI=1S/C15H15BrFNO/c16-13-4-3-12(15(17)9-13)10-19-14-5-1-11(2-6-14)7-8-18/h1-6,9H,7-8,10,18H2. The molecule has 0 saturated heterocycles. The van der Waals surface area contributed by atoms with Crippen LogP contribution in [-0.4, -0.2) is 6.54 Å². The predicted octanol–water partition coefficient (Wildman–Crippen LogP) is 3.67. The van der Waals surface area contributed by atoms with Gasteiger partial charge < -0.3 is 10.5 Å². The molecule has 0 unspecified atom stereocenters. The molecule has 0 saturated carbocycles. The normalized spacial score (nSPS) is 10.5. The maximum Gasteiger partial charge on any atom is 0.130 e. The minimum absolute atomic E-state index is 0.218. The van der Waals surface area contributed by atoms with Gasteiger partial charge in [0.05, 0.1) is 0 Å². The Morgan fingerprint density at radius 3 is 2.47 bits per heavy atom. The molecule has 100 valence electrons. The molecule has 0 aromatic heterocycles. The van der Waals surface area contributed by atoms with Crippen LogP contribution >= 0.6 is 15.9 Å². The summed E-state index contributed by atoms with van der Waals surface area (Å²) in [4.78, 5) is 0. The first-order valence-corrected chi connectivity index (χ1v) is 6.84. The Morgan fingerprint density at radius 2 is 1.84 bits per heavy atom. The third-order valence-electron chi connectivity index (χ3n) is 2.77. The van der Waals surface area contributed by atoms with E-state index in [-0.39, 0.29) is 12.4 Å². The van der Waals surface area contributed by atoms with Crippen LogP contribution in [0.15, 0.2) is 46.9 Å². The highest BCUT2D eigenvalue weighted by molar-refractivity contribution is 9.10. The molecular formula is C15H15BrFNO. The van der Waals surface area contributed by atoms with Gasteiger partial charge in [-0.3, -0.25) is 0 Å². The van der Waals surface area contributed by atoms with Gasteiger partial charge in [0, 0.05) is 10.0 Å². The maximum atomic E-state index is 13.6. The fraction of sp³-hybridized carbons (Fsp3) is 0.200. The van der Waals surface area contributed by atoms with E-state index in [1.807, 2.05) is 24.3 Å². The van der Waals surface area contributed by atoms with Gasteiger partial charge in [-0.25, -0.2) is 4.39 Å². The van der Waals surface area contributed by atoms with Crippen molar-refractivity contribution in [3.05, 3.63) is 63.9 Å². The van der Waals surface area contributed by atoms with Crippen LogP contribution in [-0.2, 0) is 13.0 Å². The second-order valence-corrected chi connectivity index (χ2v) is 5.12. The smallest absolute Gasteiger partial charge is 0.130 e. The van der Waals surface area contributed by atoms with E-state index in [0.717, 1.165) is 16.6 Å². The fourth-order valence-electron chi connectivity index (χ4n) is 1.72. The quantitative estimate of drug-likeness (QED) is 0.911. The molecule has 2 aromatic rings. The molecule has 2 rings (SSSR count). The average molecular weight is 324 g/mol. The highest BCUT2D eigenvalue weighted by Gasteiger charge is 2.03. The number of halogens is 2. The Bertz CT molecular complexity index is 542. The molecule has 2 aromatic carbocycles. The minimum atomic E-state index is -0.269. The zero-order chi connectivity index (χ0) is 13.7. The number of hydrogen-bond acceptors (Lipinski definition) is 2. The van der Waals surface area contributed by atoms with Gasteiger partial charge in [0.25, 0.3) is 0 Å². The van der Waals surface area contributed by atoms with Crippen molar-refractivity contribution in [3.8, 4) is 5.75 Å². The largest absolute Gasteiger partial charge is 0.489 e. The number of hydrogen-bond donors (Lipinski definition) is 1. The van der Waals surface area contributed by atoms with E-state index in [4.69, 9.17) is 10.5 Å². The highest BCUT2D eigenvalue weighted by Crippen LogP contribution is 2.18. The van der Waals surface area contributed by atoms with Gasteiger partial charge in [-0.2, -0.15) is 0 Å². The van der Waals surface area contributed by atoms with Gasteiger partial charge >= 0.3 is 0 Å². The topological polar surface area (TPSA) is 35.2 Å². The molecule has 0 bridgehead atoms. The lowest BCUT2D eigenvalue weighted by molar-refractivity contribution is 0.299. The van der Waals surface area contributed by atoms with E-state index >= 15 is 0 Å². The van der Waals surface area contributed by atoms with E-state index in [9.17, 15) is 4.39 Å². The van der Waals surface area contributed by atoms with Gasteiger partial charge in [-0.15, -0.1) is 0 Å². The molecule has 0 heterocycles. The third kappa shape index (κ3) is 4.04. The summed E-state index contributed by atoms with van der Waals surface area (Å²) < 4.78 is 19.9. The van der Waals surface area contributed by atoms with Gasteiger partial charge in [-0.05, 0) is 42.8 Å². The first kappa shape index (κ1) is 14.0. The summed E-state index contributed by atoms with van der Waals surface area (Å²) in [6.07, 6.45) is 0.849. The van der Waals surface area contributed by atoms with Crippen molar-refractivity contribution in [3.63, 3.8) is 0 Å². The summed E-state index contributed by atoms with van der Waals surface area (Å²) >= 11 is 3.22. The third-order valence-corrected chi connectivity index (χ3v) is 3.26. The Morgan fingerprint density at radius 1 is 1.11 bits per heavy atom. The zero-order valence-electron chi connectivity index (χ0n) is 10.4. The van der Waals surface area contributed by atoms with Gasteiger partial charge in [0.1, 0.15) is 18.2 Å². The Kier molecular flexibility index (Phi) is 4.93. The lowest BCUT2D eigenvalue weighted by Crippen LogP contribution is -2.02. The van der Waals surface area contributed by atoms with E-state index in [0.29, 0.717) is 12.1 Å². The molecular weight excluding hydrogens is 309 g/mol. The van der Waals surface area contributed by atoms with E-state index in [1.165, 1.54) is 11.6 Å².